The number of para-hydroxylation sites is 2. The SMILES string of the molecule is CC.CC1(C)c2ccccc2-c2cc3c4cc(-c5ccc6c(c5)c5ccccc5n6-c5ccccc5)ccc4n(-c4cccc(-c5nc(-c6ccccc6)nc(-c6ccccc6)n5)c4)c3cc21. The number of fused-ring (bicyclic) bond motifs is 9. The van der Waals surface area contributed by atoms with Crippen LogP contribution in [0.4, 0.5) is 0 Å². The van der Waals surface area contributed by atoms with Crippen LogP contribution in [0.1, 0.15) is 38.8 Å². The van der Waals surface area contributed by atoms with Crippen LogP contribution in [0, 0.1) is 0 Å². The number of aromatic nitrogens is 5. The average Bonchev–Trinajstić information content (AvgIpc) is 3.98. The lowest BCUT2D eigenvalue weighted by atomic mass is 9.82. The summed E-state index contributed by atoms with van der Waals surface area (Å²) in [7, 11) is 0. The van der Waals surface area contributed by atoms with Crippen molar-refractivity contribution in [2.75, 3.05) is 0 Å². The van der Waals surface area contributed by atoms with Crippen molar-refractivity contribution in [2.45, 2.75) is 33.1 Å². The highest BCUT2D eigenvalue weighted by Crippen LogP contribution is 2.51. The van der Waals surface area contributed by atoms with Crippen molar-refractivity contribution < 1.29 is 0 Å². The van der Waals surface area contributed by atoms with E-state index in [4.69, 9.17) is 15.0 Å². The number of hydrogen-bond acceptors (Lipinski definition) is 3. The molecule has 5 heteroatoms. The van der Waals surface area contributed by atoms with E-state index in [0.717, 1.165) is 33.6 Å². The Morgan fingerprint density at radius 2 is 0.791 bits per heavy atom. The summed E-state index contributed by atoms with van der Waals surface area (Å²) in [6, 6.07) is 76.1. The molecule has 5 nitrogen and oxygen atoms in total. The summed E-state index contributed by atoms with van der Waals surface area (Å²) in [5.74, 6) is 1.91. The van der Waals surface area contributed by atoms with Gasteiger partial charge in [0.15, 0.2) is 17.5 Å². The first-order valence-electron chi connectivity index (χ1n) is 23.3. The van der Waals surface area contributed by atoms with Gasteiger partial charge in [-0.3, -0.25) is 0 Å². The number of benzene rings is 9. The van der Waals surface area contributed by atoms with Gasteiger partial charge in [-0.2, -0.15) is 0 Å². The maximum atomic E-state index is 5.11. The third-order valence-corrected chi connectivity index (χ3v) is 13.6. The largest absolute Gasteiger partial charge is 0.309 e. The van der Waals surface area contributed by atoms with E-state index in [1.807, 2.05) is 50.2 Å². The second-order valence-corrected chi connectivity index (χ2v) is 17.7. The predicted molar refractivity (Wildman–Crippen MR) is 279 cm³/mol. The first-order chi connectivity index (χ1) is 33.0. The molecule has 3 heterocycles. The first kappa shape index (κ1) is 40.1. The Morgan fingerprint density at radius 3 is 1.45 bits per heavy atom. The maximum Gasteiger partial charge on any atom is 0.164 e. The van der Waals surface area contributed by atoms with Crippen molar-refractivity contribution in [1.29, 1.82) is 0 Å². The summed E-state index contributed by atoms with van der Waals surface area (Å²) in [6.45, 7) is 8.71. The molecule has 3 aromatic heterocycles. The minimum absolute atomic E-state index is 0.157. The standard InChI is InChI=1S/C60H41N5.C2H6/c1-60(2)51-27-14-12-25-45(51)47-36-50-49-35-41(40-29-31-54-48(34-40)46-26-13-15-28-53(46)64(54)43-22-10-5-11-23-43)30-32-55(49)65(56(50)37-52(47)60)44-24-16-21-42(33-44)59-62-57(38-17-6-3-7-18-38)61-58(63-59)39-19-8-4-9-20-39;1-2/h3-37H,1-2H3;1-2H3. The van der Waals surface area contributed by atoms with E-state index >= 15 is 0 Å². The molecule has 0 fully saturated rings. The van der Waals surface area contributed by atoms with E-state index in [0.29, 0.717) is 17.5 Å². The summed E-state index contributed by atoms with van der Waals surface area (Å²) in [6.07, 6.45) is 0. The number of hydrogen-bond donors (Lipinski definition) is 0. The van der Waals surface area contributed by atoms with Gasteiger partial charge in [-0.05, 0) is 100 Å². The number of rotatable bonds is 6. The van der Waals surface area contributed by atoms with Crippen LogP contribution in [-0.4, -0.2) is 24.1 Å². The predicted octanol–water partition coefficient (Wildman–Crippen LogP) is 16.1. The van der Waals surface area contributed by atoms with Gasteiger partial charge >= 0.3 is 0 Å². The molecule has 0 amide bonds. The summed E-state index contributed by atoms with van der Waals surface area (Å²) in [5.41, 5.74) is 17.2. The first-order valence-corrected chi connectivity index (χ1v) is 23.3. The molecule has 1 aliphatic rings. The Bertz CT molecular complexity index is 3790. The molecule has 0 saturated carbocycles. The molecule has 320 valence electrons. The topological polar surface area (TPSA) is 48.5 Å². The van der Waals surface area contributed by atoms with Gasteiger partial charge in [-0.15, -0.1) is 0 Å². The lowest BCUT2D eigenvalue weighted by molar-refractivity contribution is 0.661. The van der Waals surface area contributed by atoms with Gasteiger partial charge in [0.25, 0.3) is 0 Å². The molecular weight excluding hydrogens is 815 g/mol. The van der Waals surface area contributed by atoms with Crippen LogP contribution in [0.2, 0.25) is 0 Å². The van der Waals surface area contributed by atoms with E-state index in [-0.39, 0.29) is 5.41 Å². The van der Waals surface area contributed by atoms with Crippen molar-refractivity contribution in [3.05, 3.63) is 223 Å². The Labute approximate surface area is 390 Å². The van der Waals surface area contributed by atoms with Crippen molar-refractivity contribution in [3.8, 4) is 67.8 Å². The van der Waals surface area contributed by atoms with Gasteiger partial charge in [0.1, 0.15) is 0 Å². The molecule has 0 N–H and O–H groups in total. The second kappa shape index (κ2) is 15.9. The van der Waals surface area contributed by atoms with Crippen molar-refractivity contribution >= 4 is 43.6 Å². The van der Waals surface area contributed by atoms with Crippen LogP contribution in [0.5, 0.6) is 0 Å². The normalized spacial score (nSPS) is 12.6. The van der Waals surface area contributed by atoms with Crippen LogP contribution in [0.3, 0.4) is 0 Å². The molecule has 0 bridgehead atoms. The minimum atomic E-state index is -0.157. The van der Waals surface area contributed by atoms with E-state index in [9.17, 15) is 0 Å². The molecule has 67 heavy (non-hydrogen) atoms. The van der Waals surface area contributed by atoms with Crippen molar-refractivity contribution in [3.63, 3.8) is 0 Å². The molecule has 0 saturated heterocycles. The van der Waals surface area contributed by atoms with E-state index in [2.05, 4.69) is 199 Å². The Kier molecular flexibility index (Phi) is 9.54. The monoisotopic (exact) mass is 861 g/mol. The van der Waals surface area contributed by atoms with Gasteiger partial charge in [0, 0.05) is 55.0 Å². The molecule has 9 aromatic carbocycles. The van der Waals surface area contributed by atoms with Crippen LogP contribution in [-0.2, 0) is 5.41 Å². The van der Waals surface area contributed by atoms with Gasteiger partial charge in [-0.1, -0.05) is 173 Å². The van der Waals surface area contributed by atoms with Gasteiger partial charge < -0.3 is 9.13 Å². The van der Waals surface area contributed by atoms with Gasteiger partial charge in [0.05, 0.1) is 22.1 Å². The van der Waals surface area contributed by atoms with Crippen LogP contribution in [0.25, 0.3) is 111 Å². The highest BCUT2D eigenvalue weighted by Gasteiger charge is 2.36. The minimum Gasteiger partial charge on any atom is -0.309 e. The fraction of sp³-hybridized carbons (Fsp3) is 0.0806. The molecule has 0 unspecified atom stereocenters. The number of nitrogens with zero attached hydrogens (tertiary/aromatic N) is 5. The van der Waals surface area contributed by atoms with Crippen LogP contribution in [0.15, 0.2) is 212 Å². The molecule has 1 aliphatic carbocycles. The highest BCUT2D eigenvalue weighted by atomic mass is 15.0. The zero-order chi connectivity index (χ0) is 45.2. The summed E-state index contributed by atoms with van der Waals surface area (Å²) in [5, 5.41) is 4.91. The average molecular weight is 862 g/mol. The summed E-state index contributed by atoms with van der Waals surface area (Å²) in [4.78, 5) is 15.2. The van der Waals surface area contributed by atoms with Gasteiger partial charge in [0.2, 0.25) is 0 Å². The fourth-order valence-electron chi connectivity index (χ4n) is 10.4. The third kappa shape index (κ3) is 6.49. The van der Waals surface area contributed by atoms with E-state index in [1.165, 1.54) is 71.5 Å². The molecule has 13 rings (SSSR count). The quantitative estimate of drug-likeness (QED) is 0.167. The van der Waals surface area contributed by atoms with Gasteiger partial charge in [-0.25, -0.2) is 15.0 Å². The fourth-order valence-corrected chi connectivity index (χ4v) is 10.4. The van der Waals surface area contributed by atoms with Crippen molar-refractivity contribution in [2.24, 2.45) is 0 Å². The Morgan fingerprint density at radius 1 is 0.313 bits per heavy atom. The third-order valence-electron chi connectivity index (χ3n) is 13.6. The van der Waals surface area contributed by atoms with Crippen LogP contribution < -0.4 is 0 Å². The molecule has 12 aromatic rings. The summed E-state index contributed by atoms with van der Waals surface area (Å²) < 4.78 is 4.81. The Hall–Kier alpha value is -8.41. The molecular formula is C62H47N5. The molecule has 0 aliphatic heterocycles. The lowest BCUT2D eigenvalue weighted by Crippen LogP contribution is -2.14. The van der Waals surface area contributed by atoms with E-state index in [1.54, 1.807) is 0 Å². The van der Waals surface area contributed by atoms with E-state index < -0.39 is 0 Å². The second-order valence-electron chi connectivity index (χ2n) is 17.7. The van der Waals surface area contributed by atoms with Crippen LogP contribution >= 0.6 is 0 Å². The molecule has 0 radical (unpaired) electrons. The smallest absolute Gasteiger partial charge is 0.164 e. The Balaban J connectivity index is 0.00000231. The lowest BCUT2D eigenvalue weighted by Gasteiger charge is -2.21. The van der Waals surface area contributed by atoms with Crippen molar-refractivity contribution in [1.82, 2.24) is 24.1 Å². The molecule has 0 atom stereocenters. The zero-order valence-electron chi connectivity index (χ0n) is 37.9. The molecule has 0 spiro atoms. The highest BCUT2D eigenvalue weighted by molar-refractivity contribution is 6.14. The maximum absolute atomic E-state index is 5.11. The summed E-state index contributed by atoms with van der Waals surface area (Å²) >= 11 is 0. The zero-order valence-corrected chi connectivity index (χ0v) is 37.9.